The van der Waals surface area contributed by atoms with E-state index in [0.717, 1.165) is 11.3 Å². The number of amides is 1. The van der Waals surface area contributed by atoms with Crippen LogP contribution >= 0.6 is 0 Å². The van der Waals surface area contributed by atoms with E-state index in [4.69, 9.17) is 0 Å². The smallest absolute Gasteiger partial charge is 0.231 e. The zero-order chi connectivity index (χ0) is 22.0. The highest BCUT2D eigenvalue weighted by Crippen LogP contribution is 2.35. The minimum absolute atomic E-state index is 0.250. The second-order valence-corrected chi connectivity index (χ2v) is 7.51. The summed E-state index contributed by atoms with van der Waals surface area (Å²) in [6.07, 6.45) is 3.82. The molecule has 3 N–H and O–H groups in total. The summed E-state index contributed by atoms with van der Waals surface area (Å²) in [5.41, 5.74) is 4.08. The molecule has 3 atom stereocenters. The molecule has 3 heterocycles. The van der Waals surface area contributed by atoms with Gasteiger partial charge in [0.25, 0.3) is 0 Å². The van der Waals surface area contributed by atoms with Crippen LogP contribution in [0.5, 0.6) is 0 Å². The number of rotatable bonds is 7. The molecule has 31 heavy (non-hydrogen) atoms. The van der Waals surface area contributed by atoms with E-state index in [0.29, 0.717) is 35.0 Å². The molecule has 0 aromatic carbocycles. The number of nitrogens with one attached hydrogen (secondary N) is 2. The molecule has 160 valence electrons. The van der Waals surface area contributed by atoms with Crippen LogP contribution in [0.2, 0.25) is 0 Å². The predicted molar refractivity (Wildman–Crippen MR) is 114 cm³/mol. The minimum atomic E-state index is -1.07. The van der Waals surface area contributed by atoms with Gasteiger partial charge < -0.3 is 15.7 Å². The predicted octanol–water partition coefficient (Wildman–Crippen LogP) is 3.73. The van der Waals surface area contributed by atoms with Crippen molar-refractivity contribution in [3.8, 4) is 11.4 Å². The monoisotopic (exact) mass is 422 g/mol. The van der Waals surface area contributed by atoms with Gasteiger partial charge in [0.2, 0.25) is 5.91 Å². The molecule has 1 amide bonds. The van der Waals surface area contributed by atoms with E-state index in [1.807, 2.05) is 26.0 Å². The Labute approximate surface area is 179 Å². The summed E-state index contributed by atoms with van der Waals surface area (Å²) in [4.78, 5) is 29.1. The van der Waals surface area contributed by atoms with E-state index < -0.39 is 18.2 Å². The topological polar surface area (TPSA) is 113 Å². The Morgan fingerprint density at radius 2 is 2.06 bits per heavy atom. The van der Waals surface area contributed by atoms with Crippen molar-refractivity contribution in [3.05, 3.63) is 54.2 Å². The molecule has 1 fully saturated rings. The molecule has 0 aliphatic heterocycles. The third-order valence-electron chi connectivity index (χ3n) is 5.15. The number of alkyl halides is 1. The maximum Gasteiger partial charge on any atom is 0.231 e. The summed E-state index contributed by atoms with van der Waals surface area (Å²) in [7, 11) is 0. The van der Waals surface area contributed by atoms with E-state index in [1.165, 1.54) is 6.33 Å². The molecule has 0 bridgehead atoms. The molecular formula is C22H23FN6O2. The van der Waals surface area contributed by atoms with Crippen molar-refractivity contribution in [2.45, 2.75) is 39.0 Å². The van der Waals surface area contributed by atoms with Gasteiger partial charge in [-0.2, -0.15) is 0 Å². The largest absolute Gasteiger partial charge is 0.387 e. The van der Waals surface area contributed by atoms with Gasteiger partial charge in [0.15, 0.2) is 0 Å². The Bertz CT molecular complexity index is 1110. The van der Waals surface area contributed by atoms with Crippen molar-refractivity contribution in [2.24, 2.45) is 5.92 Å². The first kappa shape index (κ1) is 20.8. The molecule has 0 spiro atoms. The number of carbonyl (C=O) groups excluding carboxylic acids is 1. The van der Waals surface area contributed by atoms with Crippen LogP contribution in [0.4, 0.5) is 21.6 Å². The van der Waals surface area contributed by atoms with E-state index in [9.17, 15) is 14.3 Å². The fourth-order valence-corrected chi connectivity index (χ4v) is 3.16. The number of anilines is 3. The van der Waals surface area contributed by atoms with Crippen molar-refractivity contribution in [2.75, 3.05) is 10.6 Å². The average Bonchev–Trinajstić information content (AvgIpc) is 3.52. The van der Waals surface area contributed by atoms with Crippen LogP contribution in [-0.4, -0.2) is 37.1 Å². The molecular weight excluding hydrogens is 399 g/mol. The van der Waals surface area contributed by atoms with Crippen LogP contribution in [0.3, 0.4) is 0 Å². The van der Waals surface area contributed by atoms with Gasteiger partial charge in [-0.1, -0.05) is 6.92 Å². The maximum atomic E-state index is 13.1. The summed E-state index contributed by atoms with van der Waals surface area (Å²) in [5, 5.41) is 16.0. The average molecular weight is 422 g/mol. The second kappa shape index (κ2) is 8.73. The van der Waals surface area contributed by atoms with E-state index >= 15 is 0 Å². The Kier molecular flexibility index (Phi) is 5.85. The Morgan fingerprint density at radius 3 is 2.77 bits per heavy atom. The lowest BCUT2D eigenvalue weighted by Crippen LogP contribution is -2.16. The Balaban J connectivity index is 1.58. The van der Waals surface area contributed by atoms with Crippen LogP contribution in [0, 0.1) is 12.8 Å². The number of aryl methyl sites for hydroxylation is 1. The molecule has 0 radical (unpaired) electrons. The number of hydrogen-bond acceptors (Lipinski definition) is 7. The molecule has 1 unspecified atom stereocenters. The molecule has 3 aromatic rings. The number of nitrogens with zero attached hydrogens (tertiary/aromatic N) is 4. The Hall–Kier alpha value is -3.46. The Morgan fingerprint density at radius 1 is 1.26 bits per heavy atom. The number of aliphatic hydroxyl groups excluding tert-OH is 1. The quantitative estimate of drug-likeness (QED) is 0.532. The highest BCUT2D eigenvalue weighted by atomic mass is 19.1. The summed E-state index contributed by atoms with van der Waals surface area (Å²) in [6.45, 7) is 3.83. The van der Waals surface area contributed by atoms with Gasteiger partial charge in [0.1, 0.15) is 24.0 Å². The van der Waals surface area contributed by atoms with Crippen LogP contribution in [0.15, 0.2) is 43.0 Å². The van der Waals surface area contributed by atoms with Gasteiger partial charge in [-0.3, -0.25) is 14.8 Å². The number of halogens is 1. The lowest BCUT2D eigenvalue weighted by molar-refractivity contribution is -0.117. The van der Waals surface area contributed by atoms with Crippen molar-refractivity contribution in [3.63, 3.8) is 0 Å². The van der Waals surface area contributed by atoms with Crippen LogP contribution < -0.4 is 10.6 Å². The second-order valence-electron chi connectivity index (χ2n) is 7.51. The van der Waals surface area contributed by atoms with Crippen molar-refractivity contribution < 1.29 is 14.3 Å². The molecule has 4 rings (SSSR count). The summed E-state index contributed by atoms with van der Waals surface area (Å²) >= 11 is 0. The number of pyridine rings is 2. The molecule has 8 nitrogen and oxygen atoms in total. The molecule has 1 aliphatic carbocycles. The van der Waals surface area contributed by atoms with Crippen molar-refractivity contribution in [1.82, 2.24) is 19.9 Å². The molecule has 3 aromatic heterocycles. The van der Waals surface area contributed by atoms with E-state index in [1.54, 1.807) is 24.5 Å². The van der Waals surface area contributed by atoms with Gasteiger partial charge in [-0.15, -0.1) is 0 Å². The standard InChI is InChI=1S/C22H23FN6O2/c1-3-19(30)16-7-12(2)18(10-25-16)28-15-5-4-6-24-21(15)17-9-20(27-11-26-17)29-22(31)13-8-14(13)23/h4-7,9-11,13-14,19,28,30H,3,8H2,1-2H3,(H,26,27,29,31)/t13-,14+,19?/m0/s1. The summed E-state index contributed by atoms with van der Waals surface area (Å²) < 4.78 is 13.1. The van der Waals surface area contributed by atoms with E-state index in [2.05, 4.69) is 30.6 Å². The fraction of sp³-hybridized carbons (Fsp3) is 0.318. The molecule has 1 aliphatic rings. The van der Waals surface area contributed by atoms with Gasteiger partial charge >= 0.3 is 0 Å². The van der Waals surface area contributed by atoms with Gasteiger partial charge in [-0.05, 0) is 43.5 Å². The first-order chi connectivity index (χ1) is 15.0. The van der Waals surface area contributed by atoms with E-state index in [-0.39, 0.29) is 12.3 Å². The van der Waals surface area contributed by atoms with Crippen LogP contribution in [0.25, 0.3) is 11.4 Å². The van der Waals surface area contributed by atoms with Crippen LogP contribution in [0.1, 0.15) is 37.1 Å². The van der Waals surface area contributed by atoms with Crippen LogP contribution in [-0.2, 0) is 4.79 Å². The van der Waals surface area contributed by atoms with Gasteiger partial charge in [0.05, 0.1) is 41.0 Å². The molecule has 9 heteroatoms. The van der Waals surface area contributed by atoms with Gasteiger partial charge in [-0.25, -0.2) is 14.4 Å². The van der Waals surface area contributed by atoms with Crippen molar-refractivity contribution >= 4 is 23.1 Å². The number of aromatic nitrogens is 4. The fourth-order valence-electron chi connectivity index (χ4n) is 3.16. The lowest BCUT2D eigenvalue weighted by Gasteiger charge is -2.15. The summed E-state index contributed by atoms with van der Waals surface area (Å²) in [5.74, 6) is -0.691. The normalized spacial score (nSPS) is 18.3. The minimum Gasteiger partial charge on any atom is -0.387 e. The highest BCUT2D eigenvalue weighted by molar-refractivity contribution is 5.94. The number of hydrogen-bond donors (Lipinski definition) is 3. The third-order valence-corrected chi connectivity index (χ3v) is 5.15. The SMILES string of the molecule is CCC(O)c1cc(C)c(Nc2cccnc2-c2cc(NC(=O)[C@H]3C[C@H]3F)ncn2)cn1. The summed E-state index contributed by atoms with van der Waals surface area (Å²) in [6, 6.07) is 7.10. The first-order valence-electron chi connectivity index (χ1n) is 10.1. The maximum absolute atomic E-state index is 13.1. The number of aliphatic hydroxyl groups is 1. The zero-order valence-electron chi connectivity index (χ0n) is 17.2. The number of carbonyl (C=O) groups is 1. The molecule has 1 saturated carbocycles. The molecule has 0 saturated heterocycles. The highest BCUT2D eigenvalue weighted by Gasteiger charge is 2.43. The third kappa shape index (κ3) is 4.66. The van der Waals surface area contributed by atoms with Gasteiger partial charge in [0, 0.05) is 12.3 Å². The van der Waals surface area contributed by atoms with Crippen molar-refractivity contribution in [1.29, 1.82) is 0 Å². The lowest BCUT2D eigenvalue weighted by atomic mass is 10.1. The zero-order valence-corrected chi connectivity index (χ0v) is 17.2. The first-order valence-corrected chi connectivity index (χ1v) is 10.1.